The average molecular weight is 413 g/mol. The Hall–Kier alpha value is -1.56. The Morgan fingerprint density at radius 2 is 1.28 bits per heavy atom. The Morgan fingerprint density at radius 1 is 0.800 bits per heavy atom. The molecule has 2 aromatic carbocycles. The summed E-state index contributed by atoms with van der Waals surface area (Å²) >= 11 is 3.15. The van der Waals surface area contributed by atoms with E-state index in [4.69, 9.17) is 20.1 Å². The second kappa shape index (κ2) is 15.9. The van der Waals surface area contributed by atoms with E-state index in [0.717, 1.165) is 17.5 Å². The van der Waals surface area contributed by atoms with E-state index in [2.05, 4.69) is 15.9 Å². The predicted molar refractivity (Wildman–Crippen MR) is 107 cm³/mol. The number of aliphatic hydroxyl groups excluding tert-OH is 2. The maximum Gasteiger partial charge on any atom is 0.119 e. The van der Waals surface area contributed by atoms with Gasteiger partial charge in [0.15, 0.2) is 0 Å². The Kier molecular flexibility index (Phi) is 14.9. The van der Waals surface area contributed by atoms with Crippen molar-refractivity contribution < 1.29 is 20.1 Å². The summed E-state index contributed by atoms with van der Waals surface area (Å²) in [6.07, 6.45) is 1.55. The number of aryl methyl sites for hydroxylation is 2. The van der Waals surface area contributed by atoms with Gasteiger partial charge in [-0.1, -0.05) is 51.3 Å². The molecule has 5 heteroatoms. The highest BCUT2D eigenvalue weighted by Crippen LogP contribution is 2.11. The van der Waals surface area contributed by atoms with Crippen LogP contribution in [0.1, 0.15) is 24.0 Å². The van der Waals surface area contributed by atoms with Gasteiger partial charge < -0.3 is 20.1 Å². The third-order valence-electron chi connectivity index (χ3n) is 2.92. The second-order valence-electron chi connectivity index (χ2n) is 5.34. The molecule has 2 aromatic rings. The summed E-state index contributed by atoms with van der Waals surface area (Å²) in [5.74, 6) is 1.20. The molecule has 0 aliphatic heterocycles. The number of hydrogen-bond acceptors (Lipinski definition) is 4. The van der Waals surface area contributed by atoms with Crippen molar-refractivity contribution in [3.05, 3.63) is 59.7 Å². The largest absolute Gasteiger partial charge is 0.508 e. The van der Waals surface area contributed by atoms with Crippen molar-refractivity contribution in [2.45, 2.75) is 26.7 Å². The van der Waals surface area contributed by atoms with Gasteiger partial charge in [0, 0.05) is 25.0 Å². The molecule has 0 fully saturated rings. The van der Waals surface area contributed by atoms with E-state index in [-0.39, 0.29) is 6.61 Å². The number of aliphatic hydroxyl groups is 2. The molecule has 0 aromatic heterocycles. The van der Waals surface area contributed by atoms with Gasteiger partial charge in [0.05, 0.1) is 6.61 Å². The molecule has 0 aliphatic carbocycles. The molecule has 140 valence electrons. The van der Waals surface area contributed by atoms with E-state index in [1.54, 1.807) is 12.1 Å². The molecule has 0 spiro atoms. The number of alkyl halides is 1. The van der Waals surface area contributed by atoms with Crippen LogP contribution in [-0.2, 0) is 0 Å². The van der Waals surface area contributed by atoms with Gasteiger partial charge in [-0.3, -0.25) is 0 Å². The number of benzene rings is 2. The van der Waals surface area contributed by atoms with Gasteiger partial charge in [0.2, 0.25) is 0 Å². The highest BCUT2D eigenvalue weighted by Gasteiger charge is 1.91. The van der Waals surface area contributed by atoms with Crippen LogP contribution in [0, 0.1) is 13.8 Å². The molecule has 0 heterocycles. The van der Waals surface area contributed by atoms with Crippen molar-refractivity contribution in [3.63, 3.8) is 0 Å². The zero-order chi connectivity index (χ0) is 18.9. The maximum atomic E-state index is 8.76. The van der Waals surface area contributed by atoms with Crippen LogP contribution < -0.4 is 4.74 Å². The van der Waals surface area contributed by atoms with Crippen LogP contribution in [0.2, 0.25) is 0 Å². The minimum atomic E-state index is 0.186. The molecule has 0 saturated carbocycles. The number of phenols is 1. The van der Waals surface area contributed by atoms with Gasteiger partial charge in [-0.15, -0.1) is 0 Å². The van der Waals surface area contributed by atoms with E-state index >= 15 is 0 Å². The summed E-state index contributed by atoms with van der Waals surface area (Å²) in [6, 6.07) is 15.0. The van der Waals surface area contributed by atoms with Crippen LogP contribution in [0.15, 0.2) is 48.5 Å². The molecule has 0 saturated heterocycles. The molecule has 0 atom stereocenters. The first-order valence-electron chi connectivity index (χ1n) is 8.26. The van der Waals surface area contributed by atoms with Crippen molar-refractivity contribution in [2.75, 3.05) is 25.2 Å². The fraction of sp³-hybridized carbons (Fsp3) is 0.400. The molecule has 0 unspecified atom stereocenters. The third kappa shape index (κ3) is 14.5. The van der Waals surface area contributed by atoms with Crippen LogP contribution in [0.3, 0.4) is 0 Å². The Bertz CT molecular complexity index is 503. The SMILES string of the molecule is Cc1ccc(O)cc1.Cc1ccc(OCCCO)cc1.OCCCBr. The topological polar surface area (TPSA) is 69.9 Å². The molecule has 0 bridgehead atoms. The Morgan fingerprint density at radius 3 is 1.64 bits per heavy atom. The van der Waals surface area contributed by atoms with Crippen molar-refractivity contribution >= 4 is 15.9 Å². The van der Waals surface area contributed by atoms with E-state index in [0.29, 0.717) is 25.4 Å². The predicted octanol–water partition coefficient (Wildman–Crippen LogP) is 4.22. The fourth-order valence-corrected chi connectivity index (χ4v) is 1.74. The molecule has 0 radical (unpaired) electrons. The quantitative estimate of drug-likeness (QED) is 0.490. The summed E-state index contributed by atoms with van der Waals surface area (Å²) < 4.78 is 5.34. The van der Waals surface area contributed by atoms with Gasteiger partial charge in [0.25, 0.3) is 0 Å². The summed E-state index contributed by atoms with van der Waals surface area (Å²) in [5, 5.41) is 26.2. The molecule has 4 nitrogen and oxygen atoms in total. The average Bonchev–Trinajstić information content (AvgIpc) is 2.61. The van der Waals surface area contributed by atoms with Crippen LogP contribution in [0.5, 0.6) is 11.5 Å². The summed E-state index contributed by atoms with van der Waals surface area (Å²) in [6.45, 7) is 5.09. The number of halogens is 1. The normalized spacial score (nSPS) is 9.32. The lowest BCUT2D eigenvalue weighted by atomic mass is 10.2. The van der Waals surface area contributed by atoms with Gasteiger partial charge in [0.1, 0.15) is 11.5 Å². The minimum Gasteiger partial charge on any atom is -0.508 e. The lowest BCUT2D eigenvalue weighted by Gasteiger charge is -2.04. The Labute approximate surface area is 159 Å². The minimum absolute atomic E-state index is 0.186. The van der Waals surface area contributed by atoms with Crippen LogP contribution in [0.25, 0.3) is 0 Å². The van der Waals surface area contributed by atoms with Crippen LogP contribution in [-0.4, -0.2) is 40.5 Å². The summed E-state index contributed by atoms with van der Waals surface area (Å²) in [7, 11) is 0. The van der Waals surface area contributed by atoms with Gasteiger partial charge in [-0.2, -0.15) is 0 Å². The first kappa shape index (κ1) is 23.4. The van der Waals surface area contributed by atoms with Crippen molar-refractivity contribution in [1.29, 1.82) is 0 Å². The number of ether oxygens (including phenoxy) is 1. The number of hydrogen-bond donors (Lipinski definition) is 3. The smallest absolute Gasteiger partial charge is 0.119 e. The van der Waals surface area contributed by atoms with Crippen molar-refractivity contribution in [2.24, 2.45) is 0 Å². The fourth-order valence-electron chi connectivity index (χ4n) is 1.49. The summed E-state index contributed by atoms with van der Waals surface area (Å²) in [5.41, 5.74) is 2.40. The van der Waals surface area contributed by atoms with Gasteiger partial charge in [-0.25, -0.2) is 0 Å². The van der Waals surface area contributed by atoms with Gasteiger partial charge in [-0.05, 0) is 44.5 Å². The second-order valence-corrected chi connectivity index (χ2v) is 6.13. The molecule has 3 N–H and O–H groups in total. The summed E-state index contributed by atoms with van der Waals surface area (Å²) in [4.78, 5) is 0. The molecule has 2 rings (SSSR count). The van der Waals surface area contributed by atoms with E-state index in [1.807, 2.05) is 50.2 Å². The van der Waals surface area contributed by atoms with Crippen LogP contribution >= 0.6 is 15.9 Å². The first-order chi connectivity index (χ1) is 12.0. The van der Waals surface area contributed by atoms with Crippen molar-refractivity contribution in [3.8, 4) is 11.5 Å². The molecule has 25 heavy (non-hydrogen) atoms. The molecular formula is C20H29BrO4. The lowest BCUT2D eigenvalue weighted by Crippen LogP contribution is -1.99. The van der Waals surface area contributed by atoms with Crippen LogP contribution in [0.4, 0.5) is 0 Å². The first-order valence-corrected chi connectivity index (χ1v) is 9.38. The monoisotopic (exact) mass is 412 g/mol. The third-order valence-corrected chi connectivity index (χ3v) is 3.48. The highest BCUT2D eigenvalue weighted by molar-refractivity contribution is 9.09. The highest BCUT2D eigenvalue weighted by atomic mass is 79.9. The lowest BCUT2D eigenvalue weighted by molar-refractivity contribution is 0.233. The van der Waals surface area contributed by atoms with E-state index in [9.17, 15) is 0 Å². The Balaban J connectivity index is 0.000000382. The van der Waals surface area contributed by atoms with E-state index < -0.39 is 0 Å². The number of phenolic OH excluding ortho intramolecular Hbond substituents is 1. The van der Waals surface area contributed by atoms with Gasteiger partial charge >= 0.3 is 0 Å². The zero-order valence-electron chi connectivity index (χ0n) is 15.0. The number of rotatable bonds is 6. The molecule has 0 amide bonds. The standard InChI is InChI=1S/C10H14O2.C7H8O.C3H7BrO/c1-9-3-5-10(6-4-9)12-8-2-7-11;1-6-2-4-7(8)5-3-6;4-2-1-3-5/h3-6,11H,2,7-8H2,1H3;2-5,8H,1H3;5H,1-3H2. The van der Waals surface area contributed by atoms with E-state index in [1.165, 1.54) is 11.1 Å². The maximum absolute atomic E-state index is 8.76. The number of aromatic hydroxyl groups is 1. The zero-order valence-corrected chi connectivity index (χ0v) is 16.6. The van der Waals surface area contributed by atoms with Crippen molar-refractivity contribution in [1.82, 2.24) is 0 Å². The molecular weight excluding hydrogens is 384 g/mol. The molecule has 0 aliphatic rings.